The molecule has 26 heavy (non-hydrogen) atoms. The number of nitrogens with zero attached hydrogens (tertiary/aromatic N) is 1. The molecule has 0 saturated heterocycles. The van der Waals surface area contributed by atoms with Crippen LogP contribution in [0.2, 0.25) is 0 Å². The van der Waals surface area contributed by atoms with E-state index in [-0.39, 0.29) is 17.6 Å². The van der Waals surface area contributed by atoms with E-state index in [1.54, 1.807) is 12.1 Å². The Bertz CT molecular complexity index is 853. The first-order chi connectivity index (χ1) is 12.7. The summed E-state index contributed by atoms with van der Waals surface area (Å²) in [7, 11) is 0. The van der Waals surface area contributed by atoms with Crippen LogP contribution in [0.4, 0.5) is 0 Å². The lowest BCUT2D eigenvalue weighted by molar-refractivity contribution is 0.0969. The number of ketones is 2. The maximum Gasteiger partial charge on any atom is 0.209 e. The second kappa shape index (κ2) is 7.58. The topological polar surface area (TPSA) is 46.5 Å². The van der Waals surface area contributed by atoms with E-state index in [2.05, 4.69) is 0 Å². The predicted molar refractivity (Wildman–Crippen MR) is 105 cm³/mol. The summed E-state index contributed by atoms with van der Waals surface area (Å²) >= 11 is 1.44. The number of fused-ring (bicyclic) bond motifs is 1. The molecule has 3 nitrogen and oxygen atoms in total. The fourth-order valence-electron chi connectivity index (χ4n) is 3.70. The number of hydrogen-bond donors (Lipinski definition) is 0. The van der Waals surface area contributed by atoms with E-state index in [0.717, 1.165) is 30.6 Å². The summed E-state index contributed by atoms with van der Waals surface area (Å²) in [5.74, 6) is -0.0946. The van der Waals surface area contributed by atoms with Crippen LogP contribution in [0.1, 0.15) is 52.8 Å². The van der Waals surface area contributed by atoms with Gasteiger partial charge in [-0.3, -0.25) is 14.6 Å². The van der Waals surface area contributed by atoms with Gasteiger partial charge in [-0.1, -0.05) is 61.7 Å². The van der Waals surface area contributed by atoms with Crippen molar-refractivity contribution in [2.45, 2.75) is 48.3 Å². The number of aliphatic imine (C=N–C) groups is 1. The van der Waals surface area contributed by atoms with Gasteiger partial charge in [0, 0.05) is 16.0 Å². The molecule has 1 fully saturated rings. The van der Waals surface area contributed by atoms with Gasteiger partial charge in [0.15, 0.2) is 5.78 Å². The normalized spacial score (nSPS) is 22.5. The van der Waals surface area contributed by atoms with Crippen LogP contribution >= 0.6 is 11.8 Å². The Hall–Kier alpha value is -2.20. The summed E-state index contributed by atoms with van der Waals surface area (Å²) in [6.45, 7) is 0. The Morgan fingerprint density at radius 1 is 0.808 bits per heavy atom. The third-order valence-corrected chi connectivity index (χ3v) is 6.27. The maximum atomic E-state index is 13.2. The third-order valence-electron chi connectivity index (χ3n) is 5.05. The molecule has 0 aromatic heterocycles. The Kier molecular flexibility index (Phi) is 5.02. The molecule has 1 unspecified atom stereocenters. The summed E-state index contributed by atoms with van der Waals surface area (Å²) in [4.78, 5) is 32.1. The Morgan fingerprint density at radius 3 is 2.19 bits per heavy atom. The van der Waals surface area contributed by atoms with Crippen LogP contribution in [0.3, 0.4) is 0 Å². The van der Waals surface area contributed by atoms with Crippen molar-refractivity contribution in [1.82, 2.24) is 0 Å². The zero-order chi connectivity index (χ0) is 17.9. The van der Waals surface area contributed by atoms with E-state index in [1.807, 2.05) is 42.5 Å². The van der Waals surface area contributed by atoms with Crippen LogP contribution in [0.5, 0.6) is 0 Å². The third kappa shape index (κ3) is 3.38. The number of benzene rings is 2. The molecule has 2 aromatic carbocycles. The summed E-state index contributed by atoms with van der Waals surface area (Å²) in [5, 5.41) is -0.554. The standard InChI is InChI=1S/C22H21NO2S/c24-20-17-13-7-8-14-18(17)21(25)22(26-16-11-5-2-6-12-16)19(20)23-15-9-3-1-4-10-15/h2,5-8,11-15,22H,1,3-4,9-10H2. The van der Waals surface area contributed by atoms with Crippen molar-refractivity contribution < 1.29 is 9.59 Å². The van der Waals surface area contributed by atoms with E-state index < -0.39 is 5.25 Å². The molecule has 0 spiro atoms. The lowest BCUT2D eigenvalue weighted by atomic mass is 9.87. The number of carbonyl (C=O) groups excluding carboxylic acids is 2. The fourth-order valence-corrected chi connectivity index (χ4v) is 4.80. The van der Waals surface area contributed by atoms with Crippen molar-refractivity contribution in [3.63, 3.8) is 0 Å². The first-order valence-corrected chi connectivity index (χ1v) is 10.1. The van der Waals surface area contributed by atoms with Gasteiger partial charge in [0.05, 0.1) is 6.04 Å². The quantitative estimate of drug-likeness (QED) is 0.771. The van der Waals surface area contributed by atoms with Crippen molar-refractivity contribution in [3.05, 3.63) is 65.7 Å². The van der Waals surface area contributed by atoms with Crippen LogP contribution in [-0.4, -0.2) is 28.6 Å². The van der Waals surface area contributed by atoms with Gasteiger partial charge < -0.3 is 0 Å². The van der Waals surface area contributed by atoms with Gasteiger partial charge in [-0.15, -0.1) is 11.8 Å². The lowest BCUT2D eigenvalue weighted by Crippen LogP contribution is -2.40. The van der Waals surface area contributed by atoms with Crippen molar-refractivity contribution in [1.29, 1.82) is 0 Å². The molecule has 0 aliphatic heterocycles. The van der Waals surface area contributed by atoms with Crippen LogP contribution in [0.25, 0.3) is 0 Å². The molecule has 4 rings (SSSR count). The smallest absolute Gasteiger partial charge is 0.209 e. The zero-order valence-corrected chi connectivity index (χ0v) is 15.4. The minimum absolute atomic E-state index is 0.0105. The molecule has 1 saturated carbocycles. The molecule has 0 amide bonds. The van der Waals surface area contributed by atoms with E-state index >= 15 is 0 Å². The van der Waals surface area contributed by atoms with Crippen LogP contribution in [-0.2, 0) is 0 Å². The molecule has 0 radical (unpaired) electrons. The Morgan fingerprint density at radius 2 is 1.46 bits per heavy atom. The van der Waals surface area contributed by atoms with Gasteiger partial charge in [-0.25, -0.2) is 0 Å². The zero-order valence-electron chi connectivity index (χ0n) is 14.6. The fraction of sp³-hybridized carbons (Fsp3) is 0.318. The predicted octanol–water partition coefficient (Wildman–Crippen LogP) is 5.00. The Labute approximate surface area is 157 Å². The highest BCUT2D eigenvalue weighted by molar-refractivity contribution is 8.01. The minimum Gasteiger partial charge on any atom is -0.292 e. The van der Waals surface area contributed by atoms with Crippen molar-refractivity contribution in [2.24, 2.45) is 4.99 Å². The molecule has 2 aromatic rings. The molecule has 1 atom stereocenters. The van der Waals surface area contributed by atoms with Gasteiger partial charge in [0.1, 0.15) is 11.0 Å². The summed E-state index contributed by atoms with van der Waals surface area (Å²) in [5.41, 5.74) is 1.46. The van der Waals surface area contributed by atoms with Gasteiger partial charge in [0.2, 0.25) is 5.78 Å². The number of carbonyl (C=O) groups is 2. The highest BCUT2D eigenvalue weighted by atomic mass is 32.2. The van der Waals surface area contributed by atoms with Gasteiger partial charge in [-0.2, -0.15) is 0 Å². The molecule has 0 bridgehead atoms. The average molecular weight is 363 g/mol. The minimum atomic E-state index is -0.554. The van der Waals surface area contributed by atoms with Gasteiger partial charge >= 0.3 is 0 Å². The molecular formula is C22H21NO2S. The summed E-state index contributed by atoms with van der Waals surface area (Å²) in [6, 6.07) is 17.1. The van der Waals surface area contributed by atoms with Gasteiger partial charge in [-0.05, 0) is 25.0 Å². The first-order valence-electron chi connectivity index (χ1n) is 9.21. The number of Topliss-reactive ketones (excluding diaryl/α,β-unsaturated/α-hetero) is 2. The molecule has 132 valence electrons. The largest absolute Gasteiger partial charge is 0.292 e. The second-order valence-corrected chi connectivity index (χ2v) is 8.03. The second-order valence-electron chi connectivity index (χ2n) is 6.86. The monoisotopic (exact) mass is 363 g/mol. The van der Waals surface area contributed by atoms with E-state index in [9.17, 15) is 9.59 Å². The van der Waals surface area contributed by atoms with E-state index in [0.29, 0.717) is 16.8 Å². The average Bonchev–Trinajstić information content (AvgIpc) is 2.70. The van der Waals surface area contributed by atoms with Crippen LogP contribution in [0.15, 0.2) is 64.5 Å². The Balaban J connectivity index is 1.75. The van der Waals surface area contributed by atoms with Crippen LogP contribution in [0, 0.1) is 0 Å². The van der Waals surface area contributed by atoms with Crippen LogP contribution < -0.4 is 0 Å². The molecule has 0 heterocycles. The van der Waals surface area contributed by atoms with E-state index in [1.165, 1.54) is 18.2 Å². The lowest BCUT2D eigenvalue weighted by Gasteiger charge is -2.26. The maximum absolute atomic E-state index is 13.2. The highest BCUT2D eigenvalue weighted by Crippen LogP contribution is 2.33. The number of thioether (sulfide) groups is 1. The van der Waals surface area contributed by atoms with Crippen molar-refractivity contribution in [2.75, 3.05) is 0 Å². The van der Waals surface area contributed by atoms with Crippen molar-refractivity contribution in [3.8, 4) is 0 Å². The number of hydrogen-bond acceptors (Lipinski definition) is 4. The van der Waals surface area contributed by atoms with Crippen molar-refractivity contribution >= 4 is 29.0 Å². The SMILES string of the molecule is O=C1C(=NC2CCCCC2)C(Sc2ccccc2)C(=O)c2ccccc21. The molecular weight excluding hydrogens is 342 g/mol. The molecule has 2 aliphatic rings. The first kappa shape index (κ1) is 17.2. The molecule has 2 aliphatic carbocycles. The van der Waals surface area contributed by atoms with Gasteiger partial charge in [0.25, 0.3) is 0 Å². The molecule has 4 heteroatoms. The summed E-state index contributed by atoms with van der Waals surface area (Å²) in [6.07, 6.45) is 5.55. The van der Waals surface area contributed by atoms with E-state index in [4.69, 9.17) is 4.99 Å². The molecule has 0 N–H and O–H groups in total. The number of rotatable bonds is 3. The highest BCUT2D eigenvalue weighted by Gasteiger charge is 2.39. The summed E-state index contributed by atoms with van der Waals surface area (Å²) < 4.78 is 0.